The Morgan fingerprint density at radius 3 is 2.92 bits per heavy atom. The van der Waals surface area contributed by atoms with E-state index in [2.05, 4.69) is 23.6 Å². The van der Waals surface area contributed by atoms with Gasteiger partial charge in [-0.2, -0.15) is 0 Å². The predicted molar refractivity (Wildman–Crippen MR) is 47.1 cm³/mol. The van der Waals surface area contributed by atoms with Gasteiger partial charge in [-0.3, -0.25) is 0 Å². The van der Waals surface area contributed by atoms with Crippen molar-refractivity contribution >= 4 is 11.1 Å². The van der Waals surface area contributed by atoms with Gasteiger partial charge in [-0.25, -0.2) is 0 Å². The SMILES string of the molecule is Cc1noc2c1ccn2C(C)C. The van der Waals surface area contributed by atoms with Crippen molar-refractivity contribution in [2.75, 3.05) is 0 Å². The topological polar surface area (TPSA) is 31.0 Å². The quantitative estimate of drug-likeness (QED) is 0.648. The lowest BCUT2D eigenvalue weighted by atomic mass is 10.3. The standard InChI is InChI=1S/C9H12N2O/c1-6(2)11-5-4-8-7(3)10-12-9(8)11/h4-6H,1-3H3. The second-order valence-electron chi connectivity index (χ2n) is 3.30. The molecule has 12 heavy (non-hydrogen) atoms. The van der Waals surface area contributed by atoms with Crippen LogP contribution in [0.1, 0.15) is 25.6 Å². The molecule has 0 bridgehead atoms. The molecule has 0 aromatic carbocycles. The summed E-state index contributed by atoms with van der Waals surface area (Å²) < 4.78 is 7.27. The monoisotopic (exact) mass is 164 g/mol. The zero-order chi connectivity index (χ0) is 8.72. The van der Waals surface area contributed by atoms with Crippen molar-refractivity contribution in [1.29, 1.82) is 0 Å². The summed E-state index contributed by atoms with van der Waals surface area (Å²) in [7, 11) is 0. The van der Waals surface area contributed by atoms with Crippen LogP contribution in [0.5, 0.6) is 0 Å². The van der Waals surface area contributed by atoms with Gasteiger partial charge in [-0.1, -0.05) is 5.16 Å². The molecule has 0 N–H and O–H groups in total. The molecule has 0 saturated carbocycles. The van der Waals surface area contributed by atoms with Gasteiger partial charge in [-0.05, 0) is 26.8 Å². The minimum Gasteiger partial charge on any atom is -0.337 e. The Labute approximate surface area is 71.0 Å². The molecule has 2 aromatic rings. The minimum atomic E-state index is 0.426. The van der Waals surface area contributed by atoms with Gasteiger partial charge in [0.1, 0.15) is 0 Å². The third kappa shape index (κ3) is 0.858. The summed E-state index contributed by atoms with van der Waals surface area (Å²) in [5, 5.41) is 5.02. The number of aryl methyl sites for hydroxylation is 1. The van der Waals surface area contributed by atoms with Crippen LogP contribution >= 0.6 is 0 Å². The molecule has 2 rings (SSSR count). The van der Waals surface area contributed by atoms with E-state index < -0.39 is 0 Å². The highest BCUT2D eigenvalue weighted by Crippen LogP contribution is 2.21. The fraction of sp³-hybridized carbons (Fsp3) is 0.444. The molecular formula is C9H12N2O. The first-order valence-corrected chi connectivity index (χ1v) is 4.13. The Bertz CT molecular complexity index is 397. The van der Waals surface area contributed by atoms with E-state index in [1.165, 1.54) is 0 Å². The number of hydrogen-bond donors (Lipinski definition) is 0. The van der Waals surface area contributed by atoms with Gasteiger partial charge in [0.05, 0.1) is 11.1 Å². The van der Waals surface area contributed by atoms with E-state index in [-0.39, 0.29) is 0 Å². The van der Waals surface area contributed by atoms with Crippen molar-refractivity contribution in [1.82, 2.24) is 9.72 Å². The summed E-state index contributed by atoms with van der Waals surface area (Å²) in [5.41, 5.74) is 1.84. The van der Waals surface area contributed by atoms with E-state index in [0.29, 0.717) is 6.04 Å². The second-order valence-corrected chi connectivity index (χ2v) is 3.30. The van der Waals surface area contributed by atoms with Gasteiger partial charge in [0.25, 0.3) is 0 Å². The zero-order valence-electron chi connectivity index (χ0n) is 7.53. The lowest BCUT2D eigenvalue weighted by Crippen LogP contribution is -1.96. The first-order valence-electron chi connectivity index (χ1n) is 4.13. The van der Waals surface area contributed by atoms with Crippen LogP contribution in [0.4, 0.5) is 0 Å². The number of nitrogens with zero attached hydrogens (tertiary/aromatic N) is 2. The van der Waals surface area contributed by atoms with Crippen molar-refractivity contribution in [2.45, 2.75) is 26.8 Å². The van der Waals surface area contributed by atoms with E-state index in [9.17, 15) is 0 Å². The van der Waals surface area contributed by atoms with Crippen LogP contribution in [0.3, 0.4) is 0 Å². The van der Waals surface area contributed by atoms with Crippen LogP contribution in [-0.4, -0.2) is 9.72 Å². The largest absolute Gasteiger partial charge is 0.337 e. The van der Waals surface area contributed by atoms with Gasteiger partial charge in [0.15, 0.2) is 0 Å². The maximum atomic E-state index is 5.19. The van der Waals surface area contributed by atoms with E-state index in [0.717, 1.165) is 16.8 Å². The van der Waals surface area contributed by atoms with E-state index in [1.807, 2.05) is 19.2 Å². The summed E-state index contributed by atoms with van der Waals surface area (Å²) in [6.07, 6.45) is 2.04. The van der Waals surface area contributed by atoms with Crippen molar-refractivity contribution in [2.24, 2.45) is 0 Å². The van der Waals surface area contributed by atoms with E-state index in [1.54, 1.807) is 0 Å². The molecule has 3 heteroatoms. The Balaban J connectivity index is 2.71. The smallest absolute Gasteiger partial charge is 0.239 e. The van der Waals surface area contributed by atoms with E-state index >= 15 is 0 Å². The highest BCUT2D eigenvalue weighted by Gasteiger charge is 2.10. The normalized spacial score (nSPS) is 11.7. The molecule has 0 radical (unpaired) electrons. The summed E-state index contributed by atoms with van der Waals surface area (Å²) in [6, 6.07) is 2.47. The lowest BCUT2D eigenvalue weighted by Gasteiger charge is -2.04. The molecule has 0 aliphatic carbocycles. The highest BCUT2D eigenvalue weighted by atomic mass is 16.5. The molecular weight excluding hydrogens is 152 g/mol. The Morgan fingerprint density at radius 1 is 1.50 bits per heavy atom. The van der Waals surface area contributed by atoms with Crippen LogP contribution in [0.15, 0.2) is 16.8 Å². The van der Waals surface area contributed by atoms with Crippen LogP contribution in [0.2, 0.25) is 0 Å². The molecule has 0 saturated heterocycles. The van der Waals surface area contributed by atoms with Crippen LogP contribution in [0, 0.1) is 6.92 Å². The van der Waals surface area contributed by atoms with Crippen LogP contribution in [-0.2, 0) is 0 Å². The summed E-state index contributed by atoms with van der Waals surface area (Å²) in [5.74, 6) is 0. The molecule has 0 aliphatic heterocycles. The van der Waals surface area contributed by atoms with Gasteiger partial charge < -0.3 is 9.09 Å². The molecule has 0 amide bonds. The number of aromatic nitrogens is 2. The maximum absolute atomic E-state index is 5.19. The summed E-state index contributed by atoms with van der Waals surface area (Å²) >= 11 is 0. The first kappa shape index (κ1) is 7.40. The van der Waals surface area contributed by atoms with Crippen molar-refractivity contribution < 1.29 is 4.52 Å². The third-order valence-corrected chi connectivity index (χ3v) is 2.08. The maximum Gasteiger partial charge on any atom is 0.239 e. The molecule has 2 heterocycles. The molecule has 2 aromatic heterocycles. The summed E-state index contributed by atoms with van der Waals surface area (Å²) in [4.78, 5) is 0. The fourth-order valence-electron chi connectivity index (χ4n) is 1.37. The molecule has 3 nitrogen and oxygen atoms in total. The van der Waals surface area contributed by atoms with Crippen molar-refractivity contribution in [3.63, 3.8) is 0 Å². The molecule has 64 valence electrons. The number of fused-ring (bicyclic) bond motifs is 1. The van der Waals surface area contributed by atoms with Gasteiger partial charge in [0.2, 0.25) is 5.71 Å². The van der Waals surface area contributed by atoms with Gasteiger partial charge in [-0.15, -0.1) is 0 Å². The number of hydrogen-bond acceptors (Lipinski definition) is 2. The number of rotatable bonds is 1. The zero-order valence-corrected chi connectivity index (χ0v) is 7.53. The minimum absolute atomic E-state index is 0.426. The first-order chi connectivity index (χ1) is 5.70. The molecule has 0 aliphatic rings. The fourth-order valence-corrected chi connectivity index (χ4v) is 1.37. The summed E-state index contributed by atoms with van der Waals surface area (Å²) in [6.45, 7) is 6.20. The molecule has 0 fully saturated rings. The molecule has 0 atom stereocenters. The predicted octanol–water partition coefficient (Wildman–Crippen LogP) is 2.52. The highest BCUT2D eigenvalue weighted by molar-refractivity contribution is 5.77. The second kappa shape index (κ2) is 2.37. The molecule has 0 spiro atoms. The van der Waals surface area contributed by atoms with Crippen molar-refractivity contribution in [3.8, 4) is 0 Å². The van der Waals surface area contributed by atoms with Crippen molar-refractivity contribution in [3.05, 3.63) is 18.0 Å². The van der Waals surface area contributed by atoms with Crippen LogP contribution < -0.4 is 0 Å². The Kier molecular flexibility index (Phi) is 1.46. The molecule has 0 unspecified atom stereocenters. The van der Waals surface area contributed by atoms with Crippen LogP contribution in [0.25, 0.3) is 11.1 Å². The third-order valence-electron chi connectivity index (χ3n) is 2.08. The van der Waals surface area contributed by atoms with Gasteiger partial charge >= 0.3 is 0 Å². The lowest BCUT2D eigenvalue weighted by molar-refractivity contribution is 0.419. The average Bonchev–Trinajstić information content (AvgIpc) is 2.53. The van der Waals surface area contributed by atoms with E-state index in [4.69, 9.17) is 4.52 Å². The Hall–Kier alpha value is -1.25. The average molecular weight is 164 g/mol. The Morgan fingerprint density at radius 2 is 2.25 bits per heavy atom. The van der Waals surface area contributed by atoms with Gasteiger partial charge in [0, 0.05) is 12.2 Å².